The summed E-state index contributed by atoms with van der Waals surface area (Å²) >= 11 is 0. The maximum Gasteiger partial charge on any atom is 0.161 e. The van der Waals surface area contributed by atoms with Gasteiger partial charge in [0, 0.05) is 13.0 Å². The van der Waals surface area contributed by atoms with Gasteiger partial charge in [0.25, 0.3) is 0 Å². The quantitative estimate of drug-likeness (QED) is 0.255. The number of hydrogen-bond donors (Lipinski definition) is 0. The molecule has 4 heteroatoms. The van der Waals surface area contributed by atoms with E-state index in [9.17, 15) is 0 Å². The van der Waals surface area contributed by atoms with Crippen LogP contribution in [0.3, 0.4) is 0 Å². The molecule has 3 aromatic rings. The third-order valence-corrected chi connectivity index (χ3v) is 5.53. The van der Waals surface area contributed by atoms with Crippen LogP contribution in [-0.2, 0) is 19.4 Å². The summed E-state index contributed by atoms with van der Waals surface area (Å²) in [5.74, 6) is 1.65. The van der Waals surface area contributed by atoms with Crippen molar-refractivity contribution in [1.82, 2.24) is 4.90 Å². The molecule has 0 saturated carbocycles. The van der Waals surface area contributed by atoms with Crippen LogP contribution in [-0.4, -0.2) is 31.1 Å². The van der Waals surface area contributed by atoms with Gasteiger partial charge in [-0.3, -0.25) is 0 Å². The molecule has 0 N–H and O–H groups in total. The fraction of sp³-hybridized carbons (Fsp3) is 0.379. The van der Waals surface area contributed by atoms with Gasteiger partial charge in [-0.05, 0) is 61.2 Å². The van der Waals surface area contributed by atoms with Crippen molar-refractivity contribution >= 4 is 12.4 Å². The third kappa shape index (κ3) is 9.49. The van der Waals surface area contributed by atoms with E-state index in [1.807, 2.05) is 24.3 Å². The Morgan fingerprint density at radius 2 is 1.24 bits per heavy atom. The van der Waals surface area contributed by atoms with E-state index >= 15 is 0 Å². The van der Waals surface area contributed by atoms with Gasteiger partial charge in [-0.1, -0.05) is 80.6 Å². The third-order valence-electron chi connectivity index (χ3n) is 5.53. The zero-order valence-electron chi connectivity index (χ0n) is 20.0. The average molecular weight is 468 g/mol. The van der Waals surface area contributed by atoms with E-state index in [4.69, 9.17) is 9.47 Å². The monoisotopic (exact) mass is 467 g/mol. The van der Waals surface area contributed by atoms with E-state index in [2.05, 4.69) is 73.3 Å². The van der Waals surface area contributed by atoms with Crippen LogP contribution in [0.25, 0.3) is 0 Å². The van der Waals surface area contributed by atoms with Crippen molar-refractivity contribution in [2.24, 2.45) is 0 Å². The molecule has 0 spiro atoms. The highest BCUT2D eigenvalue weighted by atomic mass is 35.5. The lowest BCUT2D eigenvalue weighted by molar-refractivity contribution is 0.262. The Hall–Kier alpha value is -2.49. The first-order chi connectivity index (χ1) is 15.8. The summed E-state index contributed by atoms with van der Waals surface area (Å²) in [4.78, 5) is 2.55. The topological polar surface area (TPSA) is 21.7 Å². The molecule has 0 radical (unpaired) electrons. The van der Waals surface area contributed by atoms with Gasteiger partial charge in [0.2, 0.25) is 0 Å². The summed E-state index contributed by atoms with van der Waals surface area (Å²) in [5.41, 5.74) is 3.73. The summed E-state index contributed by atoms with van der Waals surface area (Å²) in [5, 5.41) is 0. The second-order valence-corrected chi connectivity index (χ2v) is 8.23. The molecule has 0 aliphatic heterocycles. The Kier molecular flexibility index (Phi) is 12.5. The molecule has 0 bridgehead atoms. The van der Waals surface area contributed by atoms with Crippen molar-refractivity contribution in [2.45, 2.75) is 46.1 Å². The van der Waals surface area contributed by atoms with E-state index in [1.54, 1.807) is 0 Å². The average Bonchev–Trinajstić information content (AvgIpc) is 2.83. The summed E-state index contributed by atoms with van der Waals surface area (Å²) in [6, 6.07) is 27.2. The van der Waals surface area contributed by atoms with Gasteiger partial charge in [-0.25, -0.2) is 0 Å². The number of nitrogens with zero attached hydrogens (tertiary/aromatic N) is 1. The van der Waals surface area contributed by atoms with Gasteiger partial charge in [0.1, 0.15) is 6.61 Å². The van der Waals surface area contributed by atoms with Crippen LogP contribution in [0, 0.1) is 0 Å². The lowest BCUT2D eigenvalue weighted by Crippen LogP contribution is -2.27. The number of rotatable bonds is 14. The van der Waals surface area contributed by atoms with Gasteiger partial charge >= 0.3 is 0 Å². The Bertz CT molecular complexity index is 896. The van der Waals surface area contributed by atoms with Gasteiger partial charge < -0.3 is 14.4 Å². The highest BCUT2D eigenvalue weighted by Crippen LogP contribution is 2.30. The van der Waals surface area contributed by atoms with Gasteiger partial charge in [-0.15, -0.1) is 12.4 Å². The minimum Gasteiger partial charge on any atom is -0.489 e. The van der Waals surface area contributed by atoms with Gasteiger partial charge in [0.15, 0.2) is 11.5 Å². The molecule has 0 heterocycles. The van der Waals surface area contributed by atoms with Crippen molar-refractivity contribution in [3.63, 3.8) is 0 Å². The Morgan fingerprint density at radius 3 is 1.88 bits per heavy atom. The zero-order valence-corrected chi connectivity index (χ0v) is 20.9. The Labute approximate surface area is 206 Å². The molecule has 0 saturated heterocycles. The molecule has 0 aliphatic carbocycles. The second kappa shape index (κ2) is 15.4. The van der Waals surface area contributed by atoms with E-state index in [0.717, 1.165) is 49.5 Å². The van der Waals surface area contributed by atoms with Gasteiger partial charge in [0.05, 0.1) is 6.61 Å². The maximum absolute atomic E-state index is 6.23. The molecule has 0 aromatic heterocycles. The molecule has 0 unspecified atom stereocenters. The molecule has 33 heavy (non-hydrogen) atoms. The highest BCUT2D eigenvalue weighted by Gasteiger charge is 2.10. The Morgan fingerprint density at radius 1 is 0.606 bits per heavy atom. The zero-order chi connectivity index (χ0) is 22.4. The first-order valence-electron chi connectivity index (χ1n) is 12.0. The molecular formula is C29H38ClNO2. The van der Waals surface area contributed by atoms with Crippen LogP contribution in [0.1, 0.15) is 43.4 Å². The minimum absolute atomic E-state index is 0. The predicted octanol–water partition coefficient (Wildman–Crippen LogP) is 6.97. The van der Waals surface area contributed by atoms with Gasteiger partial charge in [-0.2, -0.15) is 0 Å². The van der Waals surface area contributed by atoms with Crippen molar-refractivity contribution in [1.29, 1.82) is 0 Å². The van der Waals surface area contributed by atoms with Crippen LogP contribution in [0.15, 0.2) is 78.9 Å². The fourth-order valence-corrected chi connectivity index (χ4v) is 3.85. The molecular weight excluding hydrogens is 430 g/mol. The van der Waals surface area contributed by atoms with Crippen LogP contribution in [0.5, 0.6) is 11.5 Å². The number of halogens is 1. The highest BCUT2D eigenvalue weighted by molar-refractivity contribution is 5.85. The number of benzene rings is 3. The molecule has 3 aromatic carbocycles. The summed E-state index contributed by atoms with van der Waals surface area (Å²) in [6.07, 6.45) is 4.29. The van der Waals surface area contributed by atoms with Crippen molar-refractivity contribution in [2.75, 3.05) is 26.2 Å². The van der Waals surface area contributed by atoms with Crippen LogP contribution >= 0.6 is 12.4 Å². The molecule has 3 nitrogen and oxygen atoms in total. The smallest absolute Gasteiger partial charge is 0.161 e. The number of hydrogen-bond acceptors (Lipinski definition) is 3. The summed E-state index contributed by atoms with van der Waals surface area (Å²) in [7, 11) is 0. The predicted molar refractivity (Wildman–Crippen MR) is 141 cm³/mol. The standard InChI is InChI=1S/C29H37NO2.ClH/c1-3-19-30(20-4-2)21-17-26-15-16-28(32-24-27-13-9-6-10-14-27)29(23-26)31-22-18-25-11-7-5-8-12-25;/h5-16,23H,3-4,17-22,24H2,1-2H3;1H. The largest absolute Gasteiger partial charge is 0.489 e. The summed E-state index contributed by atoms with van der Waals surface area (Å²) < 4.78 is 12.4. The second-order valence-electron chi connectivity index (χ2n) is 8.23. The van der Waals surface area contributed by atoms with E-state index in [0.29, 0.717) is 13.2 Å². The van der Waals surface area contributed by atoms with Crippen LogP contribution in [0.2, 0.25) is 0 Å². The fourth-order valence-electron chi connectivity index (χ4n) is 3.85. The molecule has 0 fully saturated rings. The molecule has 178 valence electrons. The van der Waals surface area contributed by atoms with Crippen LogP contribution in [0.4, 0.5) is 0 Å². The van der Waals surface area contributed by atoms with Crippen molar-refractivity contribution in [3.8, 4) is 11.5 Å². The van der Waals surface area contributed by atoms with Crippen molar-refractivity contribution in [3.05, 3.63) is 95.6 Å². The van der Waals surface area contributed by atoms with E-state index in [-0.39, 0.29) is 12.4 Å². The molecule has 3 rings (SSSR count). The lowest BCUT2D eigenvalue weighted by atomic mass is 10.1. The summed E-state index contributed by atoms with van der Waals surface area (Å²) in [6.45, 7) is 9.07. The van der Waals surface area contributed by atoms with Crippen LogP contribution < -0.4 is 9.47 Å². The van der Waals surface area contributed by atoms with E-state index in [1.165, 1.54) is 24.0 Å². The number of ether oxygens (including phenoxy) is 2. The normalized spacial score (nSPS) is 10.6. The van der Waals surface area contributed by atoms with Crippen molar-refractivity contribution < 1.29 is 9.47 Å². The SMILES string of the molecule is CCCN(CCC)CCc1ccc(OCc2ccccc2)c(OCCc2ccccc2)c1.Cl. The minimum atomic E-state index is 0. The molecule has 0 amide bonds. The Balaban J connectivity index is 0.00000385. The molecule has 0 atom stereocenters. The lowest BCUT2D eigenvalue weighted by Gasteiger charge is -2.21. The van der Waals surface area contributed by atoms with E-state index < -0.39 is 0 Å². The first-order valence-corrected chi connectivity index (χ1v) is 12.0. The first kappa shape index (κ1) is 26.8. The maximum atomic E-state index is 6.23. The molecule has 0 aliphatic rings.